The molecular weight excluding hydrogens is 451 g/mol. The molecule has 2 heterocycles. The van der Waals surface area contributed by atoms with Crippen LogP contribution in [0.25, 0.3) is 10.9 Å². The molecule has 5 nitrogen and oxygen atoms in total. The number of amides is 1. The average Bonchev–Trinajstić information content (AvgIpc) is 3.30. The van der Waals surface area contributed by atoms with Crippen LogP contribution >= 0.6 is 0 Å². The van der Waals surface area contributed by atoms with E-state index in [-0.39, 0.29) is 17.8 Å². The van der Waals surface area contributed by atoms with Gasteiger partial charge in [0, 0.05) is 68.0 Å². The molecule has 3 aromatic rings. The number of H-pyrrole nitrogens is 1. The quantitative estimate of drug-likeness (QED) is 0.344. The van der Waals surface area contributed by atoms with Crippen LogP contribution in [0.3, 0.4) is 0 Å². The number of carbonyl (C=O) groups excluding carboxylic acids is 1. The average molecular weight is 493 g/mol. The summed E-state index contributed by atoms with van der Waals surface area (Å²) in [6.45, 7) is 10.3. The number of fused-ring (bicyclic) bond motifs is 1. The molecule has 0 radical (unpaired) electrons. The zero-order chi connectivity index (χ0) is 25.3. The van der Waals surface area contributed by atoms with Gasteiger partial charge in [-0.3, -0.25) is 4.79 Å². The van der Waals surface area contributed by atoms with Gasteiger partial charge < -0.3 is 19.7 Å². The van der Waals surface area contributed by atoms with Crippen molar-refractivity contribution in [3.63, 3.8) is 0 Å². The molecule has 194 valence electrons. The fourth-order valence-corrected chi connectivity index (χ4v) is 5.46. The van der Waals surface area contributed by atoms with Gasteiger partial charge in [-0.25, -0.2) is 4.39 Å². The van der Waals surface area contributed by atoms with Crippen molar-refractivity contribution in [3.8, 4) is 0 Å². The SMILES string of the molecule is CCCC(CC)N(C(=O)CCN1CCN(CCCc2c[nH]c3ccc(F)cc23)CC1)c1ccccc1. The van der Waals surface area contributed by atoms with E-state index >= 15 is 0 Å². The number of aromatic amines is 1. The number of nitrogens with one attached hydrogen (secondary N) is 1. The van der Waals surface area contributed by atoms with Crippen LogP contribution in [-0.2, 0) is 11.2 Å². The first-order chi connectivity index (χ1) is 17.6. The zero-order valence-electron chi connectivity index (χ0n) is 21.9. The van der Waals surface area contributed by atoms with E-state index in [1.54, 1.807) is 6.07 Å². The van der Waals surface area contributed by atoms with Crippen molar-refractivity contribution < 1.29 is 9.18 Å². The number of piperazine rings is 1. The fraction of sp³-hybridized carbons (Fsp3) is 0.500. The summed E-state index contributed by atoms with van der Waals surface area (Å²) in [6, 6.07) is 15.4. The van der Waals surface area contributed by atoms with E-state index in [4.69, 9.17) is 0 Å². The summed E-state index contributed by atoms with van der Waals surface area (Å²) >= 11 is 0. The largest absolute Gasteiger partial charge is 0.361 e. The van der Waals surface area contributed by atoms with E-state index in [1.807, 2.05) is 30.5 Å². The van der Waals surface area contributed by atoms with Gasteiger partial charge >= 0.3 is 0 Å². The highest BCUT2D eigenvalue weighted by atomic mass is 19.1. The lowest BCUT2D eigenvalue weighted by Crippen LogP contribution is -2.48. The maximum absolute atomic E-state index is 13.6. The monoisotopic (exact) mass is 492 g/mol. The first-order valence-corrected chi connectivity index (χ1v) is 13.7. The van der Waals surface area contributed by atoms with Crippen LogP contribution in [0, 0.1) is 5.82 Å². The van der Waals surface area contributed by atoms with Crippen LogP contribution in [0.1, 0.15) is 51.5 Å². The minimum atomic E-state index is -0.180. The van der Waals surface area contributed by atoms with E-state index in [9.17, 15) is 9.18 Å². The van der Waals surface area contributed by atoms with Crippen LogP contribution in [0.4, 0.5) is 10.1 Å². The predicted octanol–water partition coefficient (Wildman–Crippen LogP) is 5.86. The molecule has 1 aliphatic heterocycles. The highest BCUT2D eigenvalue weighted by molar-refractivity contribution is 5.94. The van der Waals surface area contributed by atoms with Crippen molar-refractivity contribution in [2.75, 3.05) is 44.2 Å². The molecule has 36 heavy (non-hydrogen) atoms. The Morgan fingerprint density at radius 1 is 1.03 bits per heavy atom. The molecule has 1 amide bonds. The maximum Gasteiger partial charge on any atom is 0.228 e. The summed E-state index contributed by atoms with van der Waals surface area (Å²) in [7, 11) is 0. The smallest absolute Gasteiger partial charge is 0.228 e. The van der Waals surface area contributed by atoms with Crippen LogP contribution in [-0.4, -0.2) is 66.0 Å². The van der Waals surface area contributed by atoms with E-state index < -0.39 is 0 Å². The number of hydrogen-bond donors (Lipinski definition) is 1. The number of anilines is 1. The molecule has 1 atom stereocenters. The highest BCUT2D eigenvalue weighted by Gasteiger charge is 2.25. The Hall–Kier alpha value is -2.70. The third-order valence-electron chi connectivity index (χ3n) is 7.52. The number of hydrogen-bond acceptors (Lipinski definition) is 3. The second kappa shape index (κ2) is 13.0. The molecule has 1 aromatic heterocycles. The zero-order valence-corrected chi connectivity index (χ0v) is 21.9. The number of carbonyl (C=O) groups is 1. The van der Waals surface area contributed by atoms with Crippen LogP contribution in [0.15, 0.2) is 54.7 Å². The normalized spacial score (nSPS) is 15.9. The first-order valence-electron chi connectivity index (χ1n) is 13.7. The van der Waals surface area contributed by atoms with Gasteiger partial charge in [-0.2, -0.15) is 0 Å². The molecule has 1 saturated heterocycles. The van der Waals surface area contributed by atoms with Crippen molar-refractivity contribution in [2.24, 2.45) is 0 Å². The Labute approximate surface area is 215 Å². The van der Waals surface area contributed by atoms with Gasteiger partial charge in [0.1, 0.15) is 5.82 Å². The van der Waals surface area contributed by atoms with Crippen LogP contribution in [0.2, 0.25) is 0 Å². The number of rotatable bonds is 12. The molecule has 0 saturated carbocycles. The second-order valence-electron chi connectivity index (χ2n) is 9.99. The molecule has 0 spiro atoms. The Morgan fingerprint density at radius 2 is 1.75 bits per heavy atom. The topological polar surface area (TPSA) is 42.6 Å². The predicted molar refractivity (Wildman–Crippen MR) is 147 cm³/mol. The minimum Gasteiger partial charge on any atom is -0.361 e. The number of nitrogens with zero attached hydrogens (tertiary/aromatic N) is 3. The van der Waals surface area contributed by atoms with Gasteiger partial charge in [0.05, 0.1) is 0 Å². The molecule has 6 heteroatoms. The number of para-hydroxylation sites is 1. The van der Waals surface area contributed by atoms with Gasteiger partial charge in [-0.05, 0) is 68.1 Å². The molecule has 4 rings (SSSR count). The molecule has 2 aromatic carbocycles. The van der Waals surface area contributed by atoms with E-state index in [0.717, 1.165) is 88.0 Å². The molecular formula is C30H41FN4O. The minimum absolute atomic E-state index is 0.180. The van der Waals surface area contributed by atoms with E-state index in [2.05, 4.69) is 45.7 Å². The van der Waals surface area contributed by atoms with Gasteiger partial charge in [0.15, 0.2) is 0 Å². The van der Waals surface area contributed by atoms with Crippen LogP contribution < -0.4 is 4.90 Å². The number of benzene rings is 2. The number of aryl methyl sites for hydroxylation is 1. The third-order valence-corrected chi connectivity index (χ3v) is 7.52. The molecule has 0 bridgehead atoms. The molecule has 0 aliphatic carbocycles. The van der Waals surface area contributed by atoms with E-state index in [0.29, 0.717) is 6.42 Å². The molecule has 1 fully saturated rings. The fourth-order valence-electron chi connectivity index (χ4n) is 5.46. The Kier molecular flexibility index (Phi) is 9.54. The Morgan fingerprint density at radius 3 is 2.44 bits per heavy atom. The summed E-state index contributed by atoms with van der Waals surface area (Å²) in [4.78, 5) is 23.6. The summed E-state index contributed by atoms with van der Waals surface area (Å²) in [5.74, 6) is 0.0551. The van der Waals surface area contributed by atoms with Crippen LogP contribution in [0.5, 0.6) is 0 Å². The van der Waals surface area contributed by atoms with E-state index in [1.165, 1.54) is 11.6 Å². The summed E-state index contributed by atoms with van der Waals surface area (Å²) in [5, 5.41) is 0.998. The van der Waals surface area contributed by atoms with Crippen molar-refractivity contribution in [2.45, 2.75) is 58.4 Å². The summed E-state index contributed by atoms with van der Waals surface area (Å²) in [5.41, 5.74) is 3.21. The van der Waals surface area contributed by atoms with Gasteiger partial charge in [-0.1, -0.05) is 38.5 Å². The molecule has 1 N–H and O–H groups in total. The highest BCUT2D eigenvalue weighted by Crippen LogP contribution is 2.23. The number of halogens is 1. The van der Waals surface area contributed by atoms with Gasteiger partial charge in [0.25, 0.3) is 0 Å². The molecule has 1 unspecified atom stereocenters. The van der Waals surface area contributed by atoms with Crippen molar-refractivity contribution >= 4 is 22.5 Å². The van der Waals surface area contributed by atoms with Crippen molar-refractivity contribution in [1.82, 2.24) is 14.8 Å². The third kappa shape index (κ3) is 6.74. The Balaban J connectivity index is 1.22. The summed E-state index contributed by atoms with van der Waals surface area (Å²) < 4.78 is 13.6. The van der Waals surface area contributed by atoms with Gasteiger partial charge in [0.2, 0.25) is 5.91 Å². The van der Waals surface area contributed by atoms with Crippen molar-refractivity contribution in [1.29, 1.82) is 0 Å². The van der Waals surface area contributed by atoms with Gasteiger partial charge in [-0.15, -0.1) is 0 Å². The Bertz CT molecular complexity index is 1090. The standard InChI is InChI=1S/C30H41FN4O/c1-3-9-26(4-2)35(27-11-6-5-7-12-27)30(36)15-17-34-20-18-33(19-21-34)16-8-10-24-23-32-29-14-13-25(31)22-28(24)29/h5-7,11-14,22-23,26,32H,3-4,8-10,15-21H2,1-2H3. The lowest BCUT2D eigenvalue weighted by atomic mass is 10.1. The second-order valence-corrected chi connectivity index (χ2v) is 9.99. The van der Waals surface area contributed by atoms with Crippen molar-refractivity contribution in [3.05, 3.63) is 66.1 Å². The number of aromatic nitrogens is 1. The summed E-state index contributed by atoms with van der Waals surface area (Å²) in [6.07, 6.45) is 7.67. The maximum atomic E-state index is 13.6. The lowest BCUT2D eigenvalue weighted by Gasteiger charge is -2.36. The molecule has 1 aliphatic rings. The first kappa shape index (κ1) is 26.4. The lowest BCUT2D eigenvalue weighted by molar-refractivity contribution is -0.119.